The lowest BCUT2D eigenvalue weighted by Crippen LogP contribution is -2.15. The average molecular weight is 318 g/mol. The minimum Gasteiger partial charge on any atom is -0.494 e. The van der Waals surface area contributed by atoms with E-state index in [1.165, 1.54) is 0 Å². The number of pyridine rings is 1. The molecule has 0 aliphatic heterocycles. The minimum absolute atomic E-state index is 0.274. The van der Waals surface area contributed by atoms with Gasteiger partial charge in [0.15, 0.2) is 0 Å². The predicted molar refractivity (Wildman–Crippen MR) is 76.8 cm³/mol. The van der Waals surface area contributed by atoms with Crippen LogP contribution in [0.1, 0.15) is 19.3 Å². The smallest absolute Gasteiger partial charge is 0.390 e. The Morgan fingerprint density at radius 3 is 2.81 bits per heavy atom. The van der Waals surface area contributed by atoms with E-state index in [2.05, 4.69) is 4.98 Å². The maximum absolute atomic E-state index is 12.1. The van der Waals surface area contributed by atoms with Crippen molar-refractivity contribution < 1.29 is 17.9 Å². The summed E-state index contributed by atoms with van der Waals surface area (Å²) in [6, 6.07) is 9.26. The van der Waals surface area contributed by atoms with Crippen molar-refractivity contribution >= 4 is 22.5 Å². The molecule has 1 atom stereocenters. The zero-order valence-electron chi connectivity index (χ0n) is 11.2. The van der Waals surface area contributed by atoms with E-state index in [1.807, 2.05) is 24.3 Å². The van der Waals surface area contributed by atoms with Gasteiger partial charge in [-0.1, -0.05) is 6.07 Å². The Hall–Kier alpha value is -1.49. The fourth-order valence-electron chi connectivity index (χ4n) is 1.99. The number of benzene rings is 1. The lowest BCUT2D eigenvalue weighted by Gasteiger charge is -2.12. The number of alkyl halides is 4. The molecular weight excluding hydrogens is 303 g/mol. The van der Waals surface area contributed by atoms with Gasteiger partial charge in [0.1, 0.15) is 5.75 Å². The topological polar surface area (TPSA) is 22.1 Å². The first-order valence-electron chi connectivity index (χ1n) is 6.62. The third-order valence-electron chi connectivity index (χ3n) is 2.96. The van der Waals surface area contributed by atoms with Crippen LogP contribution in [-0.4, -0.2) is 23.1 Å². The minimum atomic E-state index is -4.21. The molecule has 0 bridgehead atoms. The summed E-state index contributed by atoms with van der Waals surface area (Å²) in [4.78, 5) is 4.20. The number of hydrogen-bond acceptors (Lipinski definition) is 2. The second kappa shape index (κ2) is 6.98. The van der Waals surface area contributed by atoms with Crippen molar-refractivity contribution in [1.29, 1.82) is 0 Å². The Morgan fingerprint density at radius 1 is 1.24 bits per heavy atom. The highest BCUT2D eigenvalue weighted by atomic mass is 35.5. The molecule has 0 N–H and O–H groups in total. The van der Waals surface area contributed by atoms with E-state index in [0.717, 1.165) is 10.9 Å². The first-order valence-corrected chi connectivity index (χ1v) is 7.06. The fourth-order valence-corrected chi connectivity index (χ4v) is 2.32. The third-order valence-corrected chi connectivity index (χ3v) is 3.33. The van der Waals surface area contributed by atoms with Crippen LogP contribution in [0.4, 0.5) is 13.2 Å². The largest absolute Gasteiger partial charge is 0.494 e. The van der Waals surface area contributed by atoms with E-state index in [9.17, 15) is 13.2 Å². The molecule has 2 aromatic rings. The van der Waals surface area contributed by atoms with Gasteiger partial charge in [-0.25, -0.2) is 0 Å². The molecular formula is C15H15ClF3NO. The number of hydrogen-bond donors (Lipinski definition) is 0. The first kappa shape index (κ1) is 15.9. The molecule has 0 amide bonds. The van der Waals surface area contributed by atoms with Crippen molar-refractivity contribution in [1.82, 2.24) is 4.98 Å². The molecule has 0 aliphatic rings. The summed E-state index contributed by atoms with van der Waals surface area (Å²) in [5.41, 5.74) is 0.871. The normalized spacial score (nSPS) is 13.3. The number of fused-ring (bicyclic) bond motifs is 1. The fraction of sp³-hybridized carbons (Fsp3) is 0.400. The van der Waals surface area contributed by atoms with Gasteiger partial charge in [-0.2, -0.15) is 13.2 Å². The Balaban J connectivity index is 1.77. The highest BCUT2D eigenvalue weighted by Gasteiger charge is 2.30. The second-order valence-electron chi connectivity index (χ2n) is 4.77. The van der Waals surface area contributed by atoms with Gasteiger partial charge in [-0.05, 0) is 37.1 Å². The molecule has 1 unspecified atom stereocenters. The average Bonchev–Trinajstić information content (AvgIpc) is 2.41. The molecule has 0 saturated heterocycles. The van der Waals surface area contributed by atoms with Crippen LogP contribution in [0, 0.1) is 0 Å². The van der Waals surface area contributed by atoms with E-state index < -0.39 is 18.0 Å². The molecule has 6 heteroatoms. The highest BCUT2D eigenvalue weighted by molar-refractivity contribution is 6.20. The quantitative estimate of drug-likeness (QED) is 0.555. The Labute approximate surface area is 125 Å². The molecule has 1 aromatic carbocycles. The van der Waals surface area contributed by atoms with Crippen molar-refractivity contribution in [3.05, 3.63) is 36.5 Å². The third kappa shape index (κ3) is 5.42. The van der Waals surface area contributed by atoms with Gasteiger partial charge in [-0.3, -0.25) is 4.98 Å². The Morgan fingerprint density at radius 2 is 2.05 bits per heavy atom. The SMILES string of the molecule is FC(F)(F)CC(Cl)CCCOc1ccc2ncccc2c1. The molecule has 114 valence electrons. The number of halogens is 4. The van der Waals surface area contributed by atoms with Gasteiger partial charge in [0, 0.05) is 17.0 Å². The number of rotatable bonds is 6. The summed E-state index contributed by atoms with van der Waals surface area (Å²) in [6.07, 6.45) is -2.70. The van der Waals surface area contributed by atoms with E-state index >= 15 is 0 Å². The lowest BCUT2D eigenvalue weighted by atomic mass is 10.2. The van der Waals surface area contributed by atoms with Crippen LogP contribution >= 0.6 is 11.6 Å². The van der Waals surface area contributed by atoms with Gasteiger partial charge in [0.05, 0.1) is 18.5 Å². The Kier molecular flexibility index (Phi) is 5.28. The maximum Gasteiger partial charge on any atom is 0.390 e. The Bertz CT molecular complexity index is 588. The predicted octanol–water partition coefficient (Wildman–Crippen LogP) is 4.95. The van der Waals surface area contributed by atoms with Crippen molar-refractivity contribution in [2.75, 3.05) is 6.61 Å². The van der Waals surface area contributed by atoms with Crippen LogP contribution in [0.3, 0.4) is 0 Å². The zero-order valence-corrected chi connectivity index (χ0v) is 12.0. The highest BCUT2D eigenvalue weighted by Crippen LogP contribution is 2.26. The first-order chi connectivity index (χ1) is 9.94. The molecule has 0 radical (unpaired) electrons. The monoisotopic (exact) mass is 317 g/mol. The van der Waals surface area contributed by atoms with E-state index in [4.69, 9.17) is 16.3 Å². The summed E-state index contributed by atoms with van der Waals surface area (Å²) >= 11 is 5.64. The zero-order chi connectivity index (χ0) is 15.3. The number of ether oxygens (including phenoxy) is 1. The van der Waals surface area contributed by atoms with Crippen LogP contribution in [0.25, 0.3) is 10.9 Å². The van der Waals surface area contributed by atoms with Gasteiger partial charge in [-0.15, -0.1) is 11.6 Å². The van der Waals surface area contributed by atoms with Gasteiger partial charge in [0.2, 0.25) is 0 Å². The molecule has 1 aromatic heterocycles. The van der Waals surface area contributed by atoms with Crippen LogP contribution in [-0.2, 0) is 0 Å². The summed E-state index contributed by atoms with van der Waals surface area (Å²) in [5.74, 6) is 0.678. The summed E-state index contributed by atoms with van der Waals surface area (Å²) in [7, 11) is 0. The number of nitrogens with zero attached hydrogens (tertiary/aromatic N) is 1. The van der Waals surface area contributed by atoms with E-state index in [1.54, 1.807) is 12.3 Å². The van der Waals surface area contributed by atoms with Crippen LogP contribution in [0.5, 0.6) is 5.75 Å². The summed E-state index contributed by atoms with van der Waals surface area (Å²) in [5, 5.41) is 0.0664. The van der Waals surface area contributed by atoms with Gasteiger partial charge < -0.3 is 4.74 Å². The molecule has 0 saturated carbocycles. The standard InChI is InChI=1S/C15H15ClF3NO/c16-12(10-15(17,18)19)4-2-8-21-13-5-6-14-11(9-13)3-1-7-20-14/h1,3,5-7,9,12H,2,4,8,10H2. The summed E-state index contributed by atoms with van der Waals surface area (Å²) in [6.45, 7) is 0.340. The molecule has 2 nitrogen and oxygen atoms in total. The van der Waals surface area contributed by atoms with Crippen LogP contribution < -0.4 is 4.74 Å². The number of aromatic nitrogens is 1. The second-order valence-corrected chi connectivity index (χ2v) is 5.38. The molecule has 1 heterocycles. The van der Waals surface area contributed by atoms with E-state index in [0.29, 0.717) is 18.8 Å². The maximum atomic E-state index is 12.1. The van der Waals surface area contributed by atoms with Crippen molar-refractivity contribution in [3.8, 4) is 5.75 Å². The lowest BCUT2D eigenvalue weighted by molar-refractivity contribution is -0.134. The van der Waals surface area contributed by atoms with Gasteiger partial charge in [0.25, 0.3) is 0 Å². The molecule has 2 rings (SSSR count). The van der Waals surface area contributed by atoms with Crippen molar-refractivity contribution in [2.45, 2.75) is 30.8 Å². The van der Waals surface area contributed by atoms with Gasteiger partial charge >= 0.3 is 6.18 Å². The summed E-state index contributed by atoms with van der Waals surface area (Å²) < 4.78 is 41.8. The van der Waals surface area contributed by atoms with Crippen LogP contribution in [0.15, 0.2) is 36.5 Å². The van der Waals surface area contributed by atoms with Crippen molar-refractivity contribution in [3.63, 3.8) is 0 Å². The molecule has 0 fully saturated rings. The molecule has 0 aliphatic carbocycles. The van der Waals surface area contributed by atoms with Crippen molar-refractivity contribution in [2.24, 2.45) is 0 Å². The molecule has 0 spiro atoms. The molecule has 21 heavy (non-hydrogen) atoms. The van der Waals surface area contributed by atoms with E-state index in [-0.39, 0.29) is 6.42 Å². The van der Waals surface area contributed by atoms with Crippen LogP contribution in [0.2, 0.25) is 0 Å².